The molecule has 1 fully saturated rings. The number of carbonyl (C=O) groups excluding carboxylic acids is 3. The Hall–Kier alpha value is -4.20. The Morgan fingerprint density at radius 1 is 0.974 bits per heavy atom. The highest BCUT2D eigenvalue weighted by Crippen LogP contribution is 2.45. The molecule has 7 nitrogen and oxygen atoms in total. The minimum Gasteiger partial charge on any atom is -0.497 e. The van der Waals surface area contributed by atoms with E-state index in [1.165, 1.54) is 12.1 Å². The number of likely N-dealkylation sites (tertiary alicyclic amines) is 1. The number of rotatable bonds is 6. The van der Waals surface area contributed by atoms with Gasteiger partial charge in [-0.05, 0) is 59.9 Å². The highest BCUT2D eigenvalue weighted by Gasteiger charge is 2.46. The number of hydrogen-bond acceptors (Lipinski definition) is 4. The van der Waals surface area contributed by atoms with Gasteiger partial charge in [0.2, 0.25) is 11.8 Å². The molecule has 2 aliphatic heterocycles. The van der Waals surface area contributed by atoms with Crippen molar-refractivity contribution in [1.82, 2.24) is 9.80 Å². The van der Waals surface area contributed by atoms with Crippen LogP contribution in [0, 0.1) is 11.7 Å². The van der Waals surface area contributed by atoms with Gasteiger partial charge in [0.25, 0.3) is 5.91 Å². The van der Waals surface area contributed by atoms with Crippen molar-refractivity contribution in [3.8, 4) is 5.75 Å². The molecule has 0 aliphatic carbocycles. The fraction of sp³-hybridized carbons (Fsp3) is 0.300. The number of piperidine rings is 1. The van der Waals surface area contributed by atoms with Crippen molar-refractivity contribution in [3.63, 3.8) is 0 Å². The zero-order valence-corrected chi connectivity index (χ0v) is 21.2. The van der Waals surface area contributed by atoms with Gasteiger partial charge in [-0.15, -0.1) is 0 Å². The molecule has 2 heterocycles. The van der Waals surface area contributed by atoms with Gasteiger partial charge in [-0.1, -0.05) is 42.5 Å². The van der Waals surface area contributed by atoms with E-state index < -0.39 is 12.0 Å². The van der Waals surface area contributed by atoms with Crippen LogP contribution in [-0.4, -0.2) is 47.7 Å². The number of hydrogen-bond donors (Lipinski definition) is 1. The first-order chi connectivity index (χ1) is 18.4. The molecule has 5 rings (SSSR count). The molecule has 3 amide bonds. The van der Waals surface area contributed by atoms with Gasteiger partial charge in [-0.25, -0.2) is 4.39 Å². The summed E-state index contributed by atoms with van der Waals surface area (Å²) in [6.07, 6.45) is 1.03. The quantitative estimate of drug-likeness (QED) is 0.536. The summed E-state index contributed by atoms with van der Waals surface area (Å²) in [5, 5.41) is 0. The molecule has 0 radical (unpaired) electrons. The molecule has 0 saturated carbocycles. The van der Waals surface area contributed by atoms with Crippen molar-refractivity contribution >= 4 is 17.7 Å². The van der Waals surface area contributed by atoms with Crippen LogP contribution < -0.4 is 10.5 Å². The Balaban J connectivity index is 1.59. The van der Waals surface area contributed by atoms with E-state index in [0.717, 1.165) is 11.1 Å². The van der Waals surface area contributed by atoms with Crippen LogP contribution in [0.5, 0.6) is 5.75 Å². The molecule has 8 heteroatoms. The average molecular weight is 516 g/mol. The Bertz CT molecular complexity index is 1330. The van der Waals surface area contributed by atoms with Crippen molar-refractivity contribution < 1.29 is 23.5 Å². The largest absolute Gasteiger partial charge is 0.497 e. The van der Waals surface area contributed by atoms with Gasteiger partial charge in [-0.2, -0.15) is 0 Å². The van der Waals surface area contributed by atoms with Crippen molar-refractivity contribution in [3.05, 3.63) is 101 Å². The Morgan fingerprint density at radius 3 is 2.26 bits per heavy atom. The lowest BCUT2D eigenvalue weighted by Gasteiger charge is -2.44. The number of carbonyl (C=O) groups is 3. The predicted octanol–water partition coefficient (Wildman–Crippen LogP) is 4.04. The van der Waals surface area contributed by atoms with E-state index in [0.29, 0.717) is 42.8 Å². The van der Waals surface area contributed by atoms with E-state index in [9.17, 15) is 18.8 Å². The lowest BCUT2D eigenvalue weighted by atomic mass is 9.78. The van der Waals surface area contributed by atoms with Crippen LogP contribution in [0.2, 0.25) is 0 Å². The van der Waals surface area contributed by atoms with Gasteiger partial charge in [0, 0.05) is 31.1 Å². The Kier molecular flexibility index (Phi) is 7.13. The number of primary amides is 1. The highest BCUT2D eigenvalue weighted by molar-refractivity contribution is 6.01. The molecule has 2 N–H and O–H groups in total. The predicted molar refractivity (Wildman–Crippen MR) is 140 cm³/mol. The maximum Gasteiger partial charge on any atom is 0.255 e. The van der Waals surface area contributed by atoms with Crippen LogP contribution in [0.1, 0.15) is 51.8 Å². The van der Waals surface area contributed by atoms with Gasteiger partial charge in [0.1, 0.15) is 11.6 Å². The lowest BCUT2D eigenvalue weighted by molar-refractivity contribution is -0.138. The average Bonchev–Trinajstić information content (AvgIpc) is 2.95. The summed E-state index contributed by atoms with van der Waals surface area (Å²) in [7, 11) is 1.58. The fourth-order valence-corrected chi connectivity index (χ4v) is 5.57. The monoisotopic (exact) mass is 515 g/mol. The summed E-state index contributed by atoms with van der Waals surface area (Å²) in [6, 6.07) is 20.0. The summed E-state index contributed by atoms with van der Waals surface area (Å²) in [6.45, 7) is 1.05. The van der Waals surface area contributed by atoms with Gasteiger partial charge in [-0.3, -0.25) is 14.4 Å². The molecular formula is C30H30FN3O4. The number of amides is 3. The van der Waals surface area contributed by atoms with Gasteiger partial charge in [0.15, 0.2) is 0 Å². The SMILES string of the molecule is COc1ccc([C@H]2[C@H](C(=O)N3CCC(C(N)=O)CC3)c3ccccc3C(=O)N2Cc2ccc(F)cc2)cc1. The number of halogens is 1. The first-order valence-corrected chi connectivity index (χ1v) is 12.7. The van der Waals surface area contributed by atoms with Gasteiger partial charge < -0.3 is 20.3 Å². The summed E-state index contributed by atoms with van der Waals surface area (Å²) in [5.74, 6) is -1.23. The molecule has 0 bridgehead atoms. The van der Waals surface area contributed by atoms with Gasteiger partial charge >= 0.3 is 0 Å². The molecule has 0 spiro atoms. The fourth-order valence-electron chi connectivity index (χ4n) is 5.57. The number of nitrogens with zero attached hydrogens (tertiary/aromatic N) is 2. The third-order valence-corrected chi connectivity index (χ3v) is 7.64. The minimum atomic E-state index is -0.664. The maximum absolute atomic E-state index is 14.2. The molecular weight excluding hydrogens is 485 g/mol. The van der Waals surface area contributed by atoms with E-state index in [1.54, 1.807) is 41.2 Å². The first kappa shape index (κ1) is 25.4. The van der Waals surface area contributed by atoms with Crippen LogP contribution >= 0.6 is 0 Å². The molecule has 2 atom stereocenters. The normalized spacial score (nSPS) is 19.7. The Morgan fingerprint density at radius 2 is 1.63 bits per heavy atom. The van der Waals surface area contributed by atoms with Crippen LogP contribution in [0.25, 0.3) is 0 Å². The topological polar surface area (TPSA) is 92.9 Å². The molecule has 3 aromatic carbocycles. The number of methoxy groups -OCH3 is 1. The molecule has 38 heavy (non-hydrogen) atoms. The van der Waals surface area contributed by atoms with Crippen LogP contribution in [0.15, 0.2) is 72.8 Å². The van der Waals surface area contributed by atoms with Gasteiger partial charge in [0.05, 0.1) is 19.1 Å². The van der Waals surface area contributed by atoms with E-state index in [2.05, 4.69) is 0 Å². The van der Waals surface area contributed by atoms with Crippen LogP contribution in [0.3, 0.4) is 0 Å². The summed E-state index contributed by atoms with van der Waals surface area (Å²) in [4.78, 5) is 43.3. The molecule has 3 aromatic rings. The number of nitrogens with two attached hydrogens (primary N) is 1. The van der Waals surface area contributed by atoms with E-state index in [-0.39, 0.29) is 36.0 Å². The van der Waals surface area contributed by atoms with Crippen LogP contribution in [0.4, 0.5) is 4.39 Å². The van der Waals surface area contributed by atoms with E-state index in [4.69, 9.17) is 10.5 Å². The Labute approximate surface area is 221 Å². The minimum absolute atomic E-state index is 0.0993. The second-order valence-corrected chi connectivity index (χ2v) is 9.84. The molecule has 0 unspecified atom stereocenters. The highest BCUT2D eigenvalue weighted by atomic mass is 19.1. The molecule has 2 aliphatic rings. The van der Waals surface area contributed by atoms with E-state index >= 15 is 0 Å². The molecule has 196 valence electrons. The third kappa shape index (κ3) is 4.86. The zero-order chi connectivity index (χ0) is 26.8. The number of ether oxygens (including phenoxy) is 1. The lowest BCUT2D eigenvalue weighted by Crippen LogP contribution is -2.50. The van der Waals surface area contributed by atoms with Crippen molar-refractivity contribution in [2.75, 3.05) is 20.2 Å². The number of fused-ring (bicyclic) bond motifs is 1. The zero-order valence-electron chi connectivity index (χ0n) is 21.2. The smallest absolute Gasteiger partial charge is 0.255 e. The number of benzene rings is 3. The first-order valence-electron chi connectivity index (χ1n) is 12.7. The van der Waals surface area contributed by atoms with Crippen molar-refractivity contribution in [2.24, 2.45) is 11.7 Å². The summed E-state index contributed by atoms with van der Waals surface area (Å²) in [5.41, 5.74) is 8.21. The van der Waals surface area contributed by atoms with Crippen molar-refractivity contribution in [2.45, 2.75) is 31.3 Å². The molecule has 0 aromatic heterocycles. The molecule has 1 saturated heterocycles. The third-order valence-electron chi connectivity index (χ3n) is 7.64. The second-order valence-electron chi connectivity index (χ2n) is 9.84. The van der Waals surface area contributed by atoms with Crippen LogP contribution in [-0.2, 0) is 16.1 Å². The standard InChI is InChI=1S/C30H30FN3O4/c1-38-23-12-8-20(9-13-23)27-26(30(37)33-16-14-21(15-17-33)28(32)35)24-4-2-3-5-25(24)29(36)34(27)18-19-6-10-22(31)11-7-19/h2-13,21,26-27H,14-18H2,1H3,(H2,32,35)/t26-,27+/m1/s1. The summed E-state index contributed by atoms with van der Waals surface area (Å²) < 4.78 is 19.0. The van der Waals surface area contributed by atoms with E-state index in [1.807, 2.05) is 36.4 Å². The summed E-state index contributed by atoms with van der Waals surface area (Å²) >= 11 is 0. The maximum atomic E-state index is 14.2. The van der Waals surface area contributed by atoms with Crippen molar-refractivity contribution in [1.29, 1.82) is 0 Å². The second kappa shape index (κ2) is 10.7.